The van der Waals surface area contributed by atoms with Crippen molar-refractivity contribution in [2.45, 2.75) is 13.0 Å². The molecule has 6 heteroatoms. The largest absolute Gasteiger partial charge is 0.479 e. The molecule has 0 aromatic heterocycles. The minimum absolute atomic E-state index is 0.0448. The number of aryl methyl sites for hydroxylation is 1. The van der Waals surface area contributed by atoms with Crippen LogP contribution < -0.4 is 0 Å². The number of halogens is 1. The van der Waals surface area contributed by atoms with E-state index in [0.29, 0.717) is 0 Å². The van der Waals surface area contributed by atoms with Gasteiger partial charge in [0.1, 0.15) is 5.82 Å². The molecule has 1 aliphatic rings. The van der Waals surface area contributed by atoms with E-state index in [9.17, 15) is 14.0 Å². The lowest BCUT2D eigenvalue weighted by atomic mass is 10.1. The SMILES string of the molecule is Cc1ccc(C(=O)N2CCOC(C(=O)O)C2)c(F)c1. The van der Waals surface area contributed by atoms with Gasteiger partial charge in [-0.2, -0.15) is 0 Å². The fourth-order valence-electron chi connectivity index (χ4n) is 1.95. The third-order valence-electron chi connectivity index (χ3n) is 2.98. The highest BCUT2D eigenvalue weighted by Crippen LogP contribution is 2.15. The summed E-state index contributed by atoms with van der Waals surface area (Å²) in [5.74, 6) is -2.22. The Morgan fingerprint density at radius 3 is 2.84 bits per heavy atom. The van der Waals surface area contributed by atoms with E-state index in [0.717, 1.165) is 5.56 Å². The number of benzene rings is 1. The first-order valence-electron chi connectivity index (χ1n) is 5.89. The number of carbonyl (C=O) groups excluding carboxylic acids is 1. The van der Waals surface area contributed by atoms with Gasteiger partial charge in [0.25, 0.3) is 5.91 Å². The molecule has 1 saturated heterocycles. The van der Waals surface area contributed by atoms with Crippen molar-refractivity contribution < 1.29 is 23.8 Å². The van der Waals surface area contributed by atoms with Crippen LogP contribution in [-0.2, 0) is 9.53 Å². The topological polar surface area (TPSA) is 66.8 Å². The predicted molar refractivity (Wildman–Crippen MR) is 64.4 cm³/mol. The van der Waals surface area contributed by atoms with Gasteiger partial charge in [-0.3, -0.25) is 4.79 Å². The Labute approximate surface area is 109 Å². The van der Waals surface area contributed by atoms with Crippen molar-refractivity contribution in [1.82, 2.24) is 4.90 Å². The number of carboxylic acids is 1. The van der Waals surface area contributed by atoms with E-state index in [1.54, 1.807) is 13.0 Å². The second-order valence-corrected chi connectivity index (χ2v) is 4.43. The fraction of sp³-hybridized carbons (Fsp3) is 0.385. The first-order valence-corrected chi connectivity index (χ1v) is 5.89. The average Bonchev–Trinajstić information content (AvgIpc) is 2.38. The molecule has 5 nitrogen and oxygen atoms in total. The smallest absolute Gasteiger partial charge is 0.334 e. The molecular formula is C13H14FNO4. The van der Waals surface area contributed by atoms with E-state index in [-0.39, 0.29) is 25.3 Å². The lowest BCUT2D eigenvalue weighted by Gasteiger charge is -2.31. The molecule has 0 radical (unpaired) electrons. The monoisotopic (exact) mass is 267 g/mol. The van der Waals surface area contributed by atoms with Gasteiger partial charge in [-0.05, 0) is 24.6 Å². The standard InChI is InChI=1S/C13H14FNO4/c1-8-2-3-9(10(14)6-8)12(16)15-4-5-19-11(7-15)13(17)18/h2-3,6,11H,4-5,7H2,1H3,(H,17,18). The Hall–Kier alpha value is -1.95. The minimum atomic E-state index is -1.12. The van der Waals surface area contributed by atoms with E-state index in [2.05, 4.69) is 0 Å². The van der Waals surface area contributed by atoms with Crippen LogP contribution in [0, 0.1) is 12.7 Å². The molecule has 1 unspecified atom stereocenters. The summed E-state index contributed by atoms with van der Waals surface area (Å²) in [6.45, 7) is 2.06. The third-order valence-corrected chi connectivity index (χ3v) is 2.98. The maximum atomic E-state index is 13.7. The molecule has 0 saturated carbocycles. The number of ether oxygens (including phenoxy) is 1. The summed E-state index contributed by atoms with van der Waals surface area (Å²) in [5, 5.41) is 8.86. The normalized spacial score (nSPS) is 19.3. The summed E-state index contributed by atoms with van der Waals surface area (Å²) in [7, 11) is 0. The van der Waals surface area contributed by atoms with Crippen LogP contribution in [0.4, 0.5) is 4.39 Å². The number of carbonyl (C=O) groups is 2. The van der Waals surface area contributed by atoms with Gasteiger partial charge in [0, 0.05) is 6.54 Å². The summed E-state index contributed by atoms with van der Waals surface area (Å²) >= 11 is 0. The summed E-state index contributed by atoms with van der Waals surface area (Å²) in [4.78, 5) is 24.3. The van der Waals surface area contributed by atoms with Crippen LogP contribution in [0.2, 0.25) is 0 Å². The lowest BCUT2D eigenvalue weighted by Crippen LogP contribution is -2.48. The number of rotatable bonds is 2. The number of morpholine rings is 1. The molecule has 0 aliphatic carbocycles. The van der Waals surface area contributed by atoms with Gasteiger partial charge in [-0.1, -0.05) is 6.07 Å². The van der Waals surface area contributed by atoms with E-state index in [1.807, 2.05) is 0 Å². The van der Waals surface area contributed by atoms with Gasteiger partial charge in [-0.25, -0.2) is 9.18 Å². The molecular weight excluding hydrogens is 253 g/mol. The molecule has 19 heavy (non-hydrogen) atoms. The maximum absolute atomic E-state index is 13.7. The molecule has 1 atom stereocenters. The Morgan fingerprint density at radius 2 is 2.21 bits per heavy atom. The van der Waals surface area contributed by atoms with Crippen LogP contribution in [0.3, 0.4) is 0 Å². The van der Waals surface area contributed by atoms with Crippen molar-refractivity contribution in [3.8, 4) is 0 Å². The molecule has 0 bridgehead atoms. The van der Waals surface area contributed by atoms with Crippen LogP contribution >= 0.6 is 0 Å². The Morgan fingerprint density at radius 1 is 1.47 bits per heavy atom. The van der Waals surface area contributed by atoms with Crippen LogP contribution in [0.25, 0.3) is 0 Å². The fourth-order valence-corrected chi connectivity index (χ4v) is 1.95. The number of hydrogen-bond acceptors (Lipinski definition) is 3. The van der Waals surface area contributed by atoms with Gasteiger partial charge in [0.2, 0.25) is 0 Å². The third kappa shape index (κ3) is 2.90. The first-order chi connectivity index (χ1) is 8.99. The molecule has 1 aliphatic heterocycles. The van der Waals surface area contributed by atoms with Crippen molar-refractivity contribution >= 4 is 11.9 Å². The van der Waals surface area contributed by atoms with Crippen LogP contribution in [0.5, 0.6) is 0 Å². The molecule has 1 heterocycles. The van der Waals surface area contributed by atoms with Gasteiger partial charge in [-0.15, -0.1) is 0 Å². The highest BCUT2D eigenvalue weighted by atomic mass is 19.1. The Kier molecular flexibility index (Phi) is 3.80. The Balaban J connectivity index is 2.17. The number of amides is 1. The molecule has 2 rings (SSSR count). The molecule has 1 N–H and O–H groups in total. The van der Waals surface area contributed by atoms with Gasteiger partial charge >= 0.3 is 5.97 Å². The van der Waals surface area contributed by atoms with Crippen molar-refractivity contribution in [3.63, 3.8) is 0 Å². The van der Waals surface area contributed by atoms with Crippen LogP contribution in [-0.4, -0.2) is 47.7 Å². The molecule has 1 amide bonds. The van der Waals surface area contributed by atoms with E-state index in [1.165, 1.54) is 17.0 Å². The highest BCUT2D eigenvalue weighted by molar-refractivity contribution is 5.95. The summed E-state index contributed by atoms with van der Waals surface area (Å²) in [6.07, 6.45) is -1.05. The molecule has 102 valence electrons. The summed E-state index contributed by atoms with van der Waals surface area (Å²) < 4.78 is 18.7. The highest BCUT2D eigenvalue weighted by Gasteiger charge is 2.30. The minimum Gasteiger partial charge on any atom is -0.479 e. The van der Waals surface area contributed by atoms with Gasteiger partial charge in [0.15, 0.2) is 6.10 Å². The quantitative estimate of drug-likeness (QED) is 0.870. The van der Waals surface area contributed by atoms with Crippen molar-refractivity contribution in [2.75, 3.05) is 19.7 Å². The lowest BCUT2D eigenvalue weighted by molar-refractivity contribution is -0.154. The van der Waals surface area contributed by atoms with Crippen molar-refractivity contribution in [1.29, 1.82) is 0 Å². The summed E-state index contributed by atoms with van der Waals surface area (Å²) in [6, 6.07) is 4.34. The van der Waals surface area contributed by atoms with E-state index < -0.39 is 23.8 Å². The molecule has 1 aromatic rings. The second kappa shape index (κ2) is 5.36. The van der Waals surface area contributed by atoms with Gasteiger partial charge < -0.3 is 14.7 Å². The predicted octanol–water partition coefficient (Wildman–Crippen LogP) is 1.06. The zero-order valence-electron chi connectivity index (χ0n) is 10.4. The number of nitrogens with zero attached hydrogens (tertiary/aromatic N) is 1. The zero-order valence-corrected chi connectivity index (χ0v) is 10.4. The molecule has 1 aromatic carbocycles. The van der Waals surface area contributed by atoms with Crippen LogP contribution in [0.1, 0.15) is 15.9 Å². The molecule has 0 spiro atoms. The van der Waals surface area contributed by atoms with Crippen molar-refractivity contribution in [3.05, 3.63) is 35.1 Å². The number of carboxylic acid groups (broad SMARTS) is 1. The van der Waals surface area contributed by atoms with E-state index in [4.69, 9.17) is 9.84 Å². The average molecular weight is 267 g/mol. The van der Waals surface area contributed by atoms with E-state index >= 15 is 0 Å². The zero-order chi connectivity index (χ0) is 14.0. The first kappa shape index (κ1) is 13.5. The number of aliphatic carboxylic acids is 1. The maximum Gasteiger partial charge on any atom is 0.334 e. The van der Waals surface area contributed by atoms with Crippen molar-refractivity contribution in [2.24, 2.45) is 0 Å². The van der Waals surface area contributed by atoms with Crippen LogP contribution in [0.15, 0.2) is 18.2 Å². The second-order valence-electron chi connectivity index (χ2n) is 4.43. The molecule has 1 fully saturated rings. The Bertz CT molecular complexity index is 517. The van der Waals surface area contributed by atoms with Gasteiger partial charge in [0.05, 0.1) is 18.7 Å². The number of hydrogen-bond donors (Lipinski definition) is 1. The summed E-state index contributed by atoms with van der Waals surface area (Å²) in [5.41, 5.74) is 0.677.